The summed E-state index contributed by atoms with van der Waals surface area (Å²) in [5.74, 6) is 0. The average Bonchev–Trinajstić information content (AvgIpc) is 2.88. The van der Waals surface area contributed by atoms with Crippen LogP contribution in [0.15, 0.2) is 15.8 Å². The number of H-pyrrole nitrogens is 1. The zero-order valence-corrected chi connectivity index (χ0v) is 15.4. The van der Waals surface area contributed by atoms with Crippen molar-refractivity contribution in [1.29, 1.82) is 0 Å². The van der Waals surface area contributed by atoms with Gasteiger partial charge in [0.1, 0.15) is 24.5 Å². The molecule has 140 valence electrons. The normalized spacial score (nSPS) is 26.8. The van der Waals surface area contributed by atoms with E-state index in [4.69, 9.17) is 18.7 Å². The van der Waals surface area contributed by atoms with Crippen LogP contribution in [0, 0.1) is 6.92 Å². The Hall–Kier alpha value is -1.07. The van der Waals surface area contributed by atoms with Crippen LogP contribution in [0.4, 0.5) is 0 Å². The number of aryl methyl sites for hydroxylation is 1. The molecule has 25 heavy (non-hydrogen) atoms. The van der Waals surface area contributed by atoms with Crippen molar-refractivity contribution in [1.82, 2.24) is 9.55 Å². The molecule has 2 N–H and O–H groups in total. The zero-order chi connectivity index (χ0) is 18.6. The molecule has 1 saturated heterocycles. The van der Waals surface area contributed by atoms with E-state index in [0.717, 1.165) is 4.57 Å². The highest BCUT2D eigenvalue weighted by atomic mass is 32.7. The number of thiol groups is 1. The third-order valence-electron chi connectivity index (χ3n) is 3.70. The molecule has 0 radical (unpaired) electrons. The lowest BCUT2D eigenvalue weighted by molar-refractivity contribution is -0.0808. The summed E-state index contributed by atoms with van der Waals surface area (Å²) in [6.07, 6.45) is -2.35. The van der Waals surface area contributed by atoms with Gasteiger partial charge in [0.05, 0.1) is 19.8 Å². The highest BCUT2D eigenvalue weighted by molar-refractivity contribution is 8.39. The smallest absolute Gasteiger partial charge is 0.394 e. The first kappa shape index (κ1) is 20.2. The minimum absolute atomic E-state index is 0.152. The number of methoxy groups -OCH3 is 1. The molecule has 10 nitrogen and oxygen atoms in total. The lowest BCUT2D eigenvalue weighted by Gasteiger charge is -2.22. The van der Waals surface area contributed by atoms with Crippen LogP contribution >= 0.6 is 19.5 Å². The summed E-state index contributed by atoms with van der Waals surface area (Å²) in [5.41, 5.74) is -0.918. The van der Waals surface area contributed by atoms with Gasteiger partial charge >= 0.3 is 12.9 Å². The van der Waals surface area contributed by atoms with E-state index in [0.29, 0.717) is 5.56 Å². The molecule has 1 aliphatic heterocycles. The van der Waals surface area contributed by atoms with Gasteiger partial charge in [-0.15, -0.1) is 4.52 Å². The first-order valence-electron chi connectivity index (χ1n) is 7.40. The molecule has 1 aromatic heterocycles. The number of aliphatic hydroxyl groups is 1. The van der Waals surface area contributed by atoms with Crippen LogP contribution in [-0.2, 0) is 23.3 Å². The topological polar surface area (TPSA) is 129 Å². The maximum Gasteiger partial charge on any atom is 0.582 e. The average molecular weight is 395 g/mol. The first-order chi connectivity index (χ1) is 11.9. The van der Waals surface area contributed by atoms with E-state index in [1.807, 2.05) is 0 Å². The van der Waals surface area contributed by atoms with Gasteiger partial charge in [-0.2, -0.15) is 0 Å². The molecule has 0 aromatic carbocycles. The van der Waals surface area contributed by atoms with Crippen molar-refractivity contribution in [2.45, 2.75) is 31.5 Å². The second-order valence-electron chi connectivity index (χ2n) is 5.36. The van der Waals surface area contributed by atoms with Gasteiger partial charge in [-0.1, -0.05) is 0 Å². The Bertz CT molecular complexity index is 723. The maximum atomic E-state index is 12.1. The van der Waals surface area contributed by atoms with Crippen molar-refractivity contribution >= 4 is 19.5 Å². The molecule has 12 heteroatoms. The molecule has 0 bridgehead atoms. The Morgan fingerprint density at radius 2 is 2.12 bits per heavy atom. The summed E-state index contributed by atoms with van der Waals surface area (Å²) in [4.78, 5) is 25.9. The third-order valence-corrected chi connectivity index (χ3v) is 4.40. The number of aromatic amines is 1. The van der Waals surface area contributed by atoms with Gasteiger partial charge in [-0.3, -0.25) is 14.3 Å². The first-order valence-corrected chi connectivity index (χ1v) is 9.74. The highest BCUT2D eigenvalue weighted by Gasteiger charge is 2.51. The molecule has 2 heterocycles. The number of nitrogens with zero attached hydrogens (tertiary/aromatic N) is 1. The van der Waals surface area contributed by atoms with Crippen LogP contribution in [0.2, 0.25) is 0 Å². The van der Waals surface area contributed by atoms with Gasteiger partial charge in [-0.05, 0) is 11.5 Å². The van der Waals surface area contributed by atoms with Crippen LogP contribution in [-0.4, -0.2) is 59.9 Å². The second kappa shape index (κ2) is 9.04. The molecule has 0 amide bonds. The Morgan fingerprint density at radius 3 is 2.72 bits per heavy atom. The summed E-state index contributed by atoms with van der Waals surface area (Å²) in [7, 11) is -0.802. The van der Waals surface area contributed by atoms with Gasteiger partial charge in [0.15, 0.2) is 12.3 Å². The van der Waals surface area contributed by atoms with Crippen molar-refractivity contribution in [2.24, 2.45) is 0 Å². The van der Waals surface area contributed by atoms with Crippen LogP contribution in [0.25, 0.3) is 0 Å². The van der Waals surface area contributed by atoms with Gasteiger partial charge in [0.2, 0.25) is 0 Å². The van der Waals surface area contributed by atoms with E-state index in [9.17, 15) is 19.3 Å². The number of hydrogen-bond acceptors (Lipinski definition) is 8. The fourth-order valence-corrected chi connectivity index (χ4v) is 3.32. The lowest BCUT2D eigenvalue weighted by atomic mass is 10.1. The summed E-state index contributed by atoms with van der Waals surface area (Å²) in [5, 5.41) is 9.52. The number of ether oxygens (including phenoxy) is 3. The summed E-state index contributed by atoms with van der Waals surface area (Å²) in [6, 6.07) is 0. The van der Waals surface area contributed by atoms with Gasteiger partial charge in [0, 0.05) is 18.9 Å². The number of hydrogen-bond donors (Lipinski definition) is 3. The molecule has 5 atom stereocenters. The Labute approximate surface area is 149 Å². The van der Waals surface area contributed by atoms with E-state index in [-0.39, 0.29) is 13.2 Å². The molecule has 0 saturated carbocycles. The summed E-state index contributed by atoms with van der Waals surface area (Å²) < 4.78 is 34.1. The molecule has 1 aromatic rings. The molecule has 2 rings (SSSR count). The van der Waals surface area contributed by atoms with Crippen molar-refractivity contribution in [3.05, 3.63) is 32.6 Å². The van der Waals surface area contributed by atoms with E-state index in [2.05, 4.69) is 17.2 Å². The molecule has 2 unspecified atom stereocenters. The number of rotatable bonds is 8. The fourth-order valence-electron chi connectivity index (χ4n) is 2.53. The molecular weight excluding hydrogens is 375 g/mol. The van der Waals surface area contributed by atoms with Crippen LogP contribution in [0.5, 0.6) is 0 Å². The summed E-state index contributed by atoms with van der Waals surface area (Å²) >= 11 is 3.72. The van der Waals surface area contributed by atoms with Crippen molar-refractivity contribution in [2.75, 3.05) is 26.9 Å². The van der Waals surface area contributed by atoms with Gasteiger partial charge in [-0.25, -0.2) is 4.79 Å². The van der Waals surface area contributed by atoms with E-state index >= 15 is 0 Å². The number of nitrogens with one attached hydrogen (secondary N) is 1. The Kier molecular flexibility index (Phi) is 7.32. The van der Waals surface area contributed by atoms with Crippen LogP contribution in [0.1, 0.15) is 11.8 Å². The molecule has 0 aliphatic carbocycles. The highest BCUT2D eigenvalue weighted by Crippen LogP contribution is 2.40. The monoisotopic (exact) mass is 395 g/mol. The largest absolute Gasteiger partial charge is 0.582 e. The minimum Gasteiger partial charge on any atom is -0.394 e. The third kappa shape index (κ3) is 4.76. The molecule has 1 fully saturated rings. The summed E-state index contributed by atoms with van der Waals surface area (Å²) in [6.45, 7) is 1.51. The molecule has 1 aliphatic rings. The maximum absolute atomic E-state index is 12.1. The van der Waals surface area contributed by atoms with Crippen LogP contribution in [0.3, 0.4) is 0 Å². The number of aromatic nitrogens is 2. The van der Waals surface area contributed by atoms with Crippen molar-refractivity contribution in [3.8, 4) is 0 Å². The predicted octanol–water partition coefficient (Wildman–Crippen LogP) is -0.261. The van der Waals surface area contributed by atoms with Gasteiger partial charge < -0.3 is 19.3 Å². The van der Waals surface area contributed by atoms with E-state index in [1.165, 1.54) is 20.2 Å². The van der Waals surface area contributed by atoms with Gasteiger partial charge in [0.25, 0.3) is 5.56 Å². The van der Waals surface area contributed by atoms with Crippen molar-refractivity contribution < 1.29 is 28.4 Å². The number of aliphatic hydroxyl groups excluding tert-OH is 1. The van der Waals surface area contributed by atoms with E-state index in [1.54, 1.807) is 0 Å². The second-order valence-corrected chi connectivity index (χ2v) is 7.03. The SMILES string of the molecule is COCCO[C@H]1C(O[P+](=O)S)[C@@H](CO)O[C@H]1n1cc(C)c(=O)[nH]c1=O. The Morgan fingerprint density at radius 1 is 1.40 bits per heavy atom. The Balaban J connectivity index is 2.39. The minimum atomic E-state index is -2.30. The molecular formula is C13H20N2O8PS+. The quantitative estimate of drug-likeness (QED) is 0.312. The van der Waals surface area contributed by atoms with Crippen molar-refractivity contribution in [3.63, 3.8) is 0 Å². The predicted molar refractivity (Wildman–Crippen MR) is 90.1 cm³/mol. The lowest BCUT2D eigenvalue weighted by Crippen LogP contribution is -2.40. The standard InChI is InChI=1S/C13H19N2O8PS/c1-7-5-15(13(18)14-11(7)17)12-10(21-4-3-20-2)9(23-24(19)25)8(6-16)22-12/h5,8-10,12,16H,3-4,6H2,1-2H3,(H-,14,17,18,19,25)/p+1/t8-,9?,10+,12-/m1/s1. The fraction of sp³-hybridized carbons (Fsp3) is 0.692. The molecule has 0 spiro atoms. The van der Waals surface area contributed by atoms with Crippen LogP contribution < -0.4 is 11.2 Å². The van der Waals surface area contributed by atoms with E-state index < -0.39 is 49.6 Å². The zero-order valence-electron chi connectivity index (χ0n) is 13.7.